The third-order valence-electron chi connectivity index (χ3n) is 12.3. The molecule has 0 aromatic carbocycles. The lowest BCUT2D eigenvalue weighted by Gasteiger charge is -2.22. The minimum absolute atomic E-state index is 0.00941. The lowest BCUT2D eigenvalue weighted by atomic mass is 10.0. The molecule has 0 aliphatic rings. The van der Waals surface area contributed by atoms with Crippen LogP contribution in [0.4, 0.5) is 0 Å². The number of esters is 1. The predicted molar refractivity (Wildman–Crippen MR) is 260 cm³/mol. The Balaban J connectivity index is 3.41. The fourth-order valence-corrected chi connectivity index (χ4v) is 8.13. The summed E-state index contributed by atoms with van der Waals surface area (Å²) in [6.07, 6.45) is 58.6. The van der Waals surface area contributed by atoms with Crippen molar-refractivity contribution in [1.29, 1.82) is 0 Å². The van der Waals surface area contributed by atoms with Gasteiger partial charge in [-0.2, -0.15) is 0 Å². The number of amides is 1. The first-order valence-corrected chi connectivity index (χ1v) is 26.6. The largest absolute Gasteiger partial charge is 0.466 e. The highest BCUT2D eigenvalue weighted by Crippen LogP contribution is 2.17. The van der Waals surface area contributed by atoms with Gasteiger partial charge in [0.1, 0.15) is 0 Å². The van der Waals surface area contributed by atoms with Crippen LogP contribution < -0.4 is 5.32 Å². The number of ether oxygens (including phenoxy) is 1. The number of aliphatic hydroxyl groups excluding tert-OH is 2. The molecular weight excluding hydrogens is 743 g/mol. The molecule has 0 rings (SSSR count). The van der Waals surface area contributed by atoms with Crippen LogP contribution in [0, 0.1) is 0 Å². The number of rotatable bonds is 49. The van der Waals surface area contributed by atoms with Crippen LogP contribution in [0.3, 0.4) is 0 Å². The van der Waals surface area contributed by atoms with Crippen molar-refractivity contribution < 1.29 is 24.5 Å². The van der Waals surface area contributed by atoms with Gasteiger partial charge >= 0.3 is 5.97 Å². The molecule has 0 aromatic rings. The Kier molecular flexibility index (Phi) is 48.6. The van der Waals surface area contributed by atoms with Gasteiger partial charge in [0, 0.05) is 12.8 Å². The third-order valence-corrected chi connectivity index (χ3v) is 12.3. The summed E-state index contributed by atoms with van der Waals surface area (Å²) in [5.74, 6) is -0.0506. The van der Waals surface area contributed by atoms with E-state index in [4.69, 9.17) is 4.74 Å². The van der Waals surface area contributed by atoms with Gasteiger partial charge in [-0.25, -0.2) is 0 Å². The molecular formula is C54H103NO5. The number of carbonyl (C=O) groups excluding carboxylic acids is 2. The van der Waals surface area contributed by atoms with Crippen LogP contribution in [0.5, 0.6) is 0 Å². The molecule has 0 saturated heterocycles. The number of hydrogen-bond acceptors (Lipinski definition) is 5. The standard InChI is InChI=1S/C54H103NO5/c1-3-5-7-9-11-13-15-17-24-28-32-36-40-44-48-54(59)60-49-45-41-37-33-29-25-22-20-18-19-21-23-27-31-35-39-43-47-53(58)55-51(50-56)52(57)46-42-38-34-30-26-16-14-12-10-8-6-4-2/h9,11,15,17,51-52,56-57H,3-8,10,12-14,16,18-50H2,1-2H3,(H,55,58)/b11-9-,17-15-. The van der Waals surface area contributed by atoms with Crippen LogP contribution in [0.15, 0.2) is 24.3 Å². The molecule has 0 radical (unpaired) electrons. The van der Waals surface area contributed by atoms with Gasteiger partial charge in [0.15, 0.2) is 0 Å². The first kappa shape index (κ1) is 58.3. The molecule has 0 aliphatic carbocycles. The van der Waals surface area contributed by atoms with E-state index in [1.807, 2.05) is 0 Å². The minimum Gasteiger partial charge on any atom is -0.466 e. The number of nitrogens with one attached hydrogen (secondary N) is 1. The lowest BCUT2D eigenvalue weighted by molar-refractivity contribution is -0.143. The molecule has 0 heterocycles. The van der Waals surface area contributed by atoms with Crippen molar-refractivity contribution >= 4 is 11.9 Å². The maximum atomic E-state index is 12.4. The fraction of sp³-hybridized carbons (Fsp3) is 0.889. The second-order valence-corrected chi connectivity index (χ2v) is 18.2. The minimum atomic E-state index is -0.667. The van der Waals surface area contributed by atoms with E-state index >= 15 is 0 Å². The monoisotopic (exact) mass is 846 g/mol. The lowest BCUT2D eigenvalue weighted by Crippen LogP contribution is -2.45. The Morgan fingerprint density at radius 2 is 0.850 bits per heavy atom. The fourth-order valence-electron chi connectivity index (χ4n) is 8.13. The molecule has 2 atom stereocenters. The number of carbonyl (C=O) groups is 2. The molecule has 0 aromatic heterocycles. The van der Waals surface area contributed by atoms with Crippen molar-refractivity contribution in [2.24, 2.45) is 0 Å². The highest BCUT2D eigenvalue weighted by atomic mass is 16.5. The summed E-state index contributed by atoms with van der Waals surface area (Å²) in [6.45, 7) is 4.89. The second kappa shape index (κ2) is 50.0. The molecule has 1 amide bonds. The average Bonchev–Trinajstić information content (AvgIpc) is 3.25. The van der Waals surface area contributed by atoms with E-state index in [2.05, 4.69) is 43.5 Å². The third kappa shape index (κ3) is 45.9. The van der Waals surface area contributed by atoms with Crippen molar-refractivity contribution in [2.75, 3.05) is 13.2 Å². The molecule has 6 heteroatoms. The van der Waals surface area contributed by atoms with Gasteiger partial charge in [0.2, 0.25) is 5.91 Å². The van der Waals surface area contributed by atoms with E-state index in [-0.39, 0.29) is 18.5 Å². The molecule has 354 valence electrons. The van der Waals surface area contributed by atoms with Gasteiger partial charge in [-0.05, 0) is 51.4 Å². The zero-order chi connectivity index (χ0) is 43.7. The predicted octanol–water partition coefficient (Wildman–Crippen LogP) is 15.9. The van der Waals surface area contributed by atoms with Gasteiger partial charge in [-0.15, -0.1) is 0 Å². The van der Waals surface area contributed by atoms with Crippen LogP contribution in [0.2, 0.25) is 0 Å². The summed E-state index contributed by atoms with van der Waals surface area (Å²) in [6, 6.07) is -0.544. The molecule has 6 nitrogen and oxygen atoms in total. The Labute approximate surface area is 373 Å². The van der Waals surface area contributed by atoms with Crippen molar-refractivity contribution in [3.63, 3.8) is 0 Å². The smallest absolute Gasteiger partial charge is 0.305 e. The van der Waals surface area contributed by atoms with Crippen molar-refractivity contribution in [3.05, 3.63) is 24.3 Å². The number of hydrogen-bond donors (Lipinski definition) is 3. The number of aliphatic hydroxyl groups is 2. The molecule has 0 bridgehead atoms. The van der Waals surface area contributed by atoms with Crippen LogP contribution in [0.25, 0.3) is 0 Å². The Hall–Kier alpha value is -1.66. The molecule has 0 saturated carbocycles. The van der Waals surface area contributed by atoms with E-state index in [0.29, 0.717) is 25.9 Å². The van der Waals surface area contributed by atoms with Crippen LogP contribution in [-0.2, 0) is 14.3 Å². The zero-order valence-electron chi connectivity index (χ0n) is 40.2. The summed E-state index contributed by atoms with van der Waals surface area (Å²) >= 11 is 0. The van der Waals surface area contributed by atoms with Crippen LogP contribution in [-0.4, -0.2) is 47.4 Å². The van der Waals surface area contributed by atoms with Crippen molar-refractivity contribution in [2.45, 2.75) is 296 Å². The van der Waals surface area contributed by atoms with Gasteiger partial charge in [-0.3, -0.25) is 9.59 Å². The maximum absolute atomic E-state index is 12.4. The molecule has 0 fully saturated rings. The topological polar surface area (TPSA) is 95.9 Å². The SMILES string of the molecule is CCCC/C=C\C/C=C\CCCCCCCC(=O)OCCCCCCCCCCCCCCCCCCCC(=O)NC(CO)C(O)CCCCCCCCCCCCCC. The van der Waals surface area contributed by atoms with Crippen molar-refractivity contribution in [1.82, 2.24) is 5.32 Å². The normalized spacial score (nSPS) is 12.8. The maximum Gasteiger partial charge on any atom is 0.305 e. The van der Waals surface area contributed by atoms with Gasteiger partial charge in [0.05, 0.1) is 25.4 Å². The van der Waals surface area contributed by atoms with Gasteiger partial charge < -0.3 is 20.3 Å². The molecule has 0 spiro atoms. The molecule has 0 aliphatic heterocycles. The quantitative estimate of drug-likeness (QED) is 0.0322. The first-order chi connectivity index (χ1) is 29.5. The van der Waals surface area contributed by atoms with E-state index in [9.17, 15) is 19.8 Å². The summed E-state index contributed by atoms with van der Waals surface area (Å²) in [5.41, 5.74) is 0. The summed E-state index contributed by atoms with van der Waals surface area (Å²) in [4.78, 5) is 24.4. The second-order valence-electron chi connectivity index (χ2n) is 18.2. The molecule has 3 N–H and O–H groups in total. The summed E-state index contributed by atoms with van der Waals surface area (Å²) in [5, 5.41) is 23.2. The van der Waals surface area contributed by atoms with E-state index in [1.165, 1.54) is 199 Å². The average molecular weight is 846 g/mol. The summed E-state index contributed by atoms with van der Waals surface area (Å²) in [7, 11) is 0. The number of allylic oxidation sites excluding steroid dienone is 4. The first-order valence-electron chi connectivity index (χ1n) is 26.6. The molecule has 2 unspecified atom stereocenters. The van der Waals surface area contributed by atoms with E-state index in [0.717, 1.165) is 51.4 Å². The van der Waals surface area contributed by atoms with Crippen molar-refractivity contribution in [3.8, 4) is 0 Å². The highest BCUT2D eigenvalue weighted by molar-refractivity contribution is 5.76. The van der Waals surface area contributed by atoms with E-state index in [1.54, 1.807) is 0 Å². The van der Waals surface area contributed by atoms with Gasteiger partial charge in [0.25, 0.3) is 0 Å². The highest BCUT2D eigenvalue weighted by Gasteiger charge is 2.20. The van der Waals surface area contributed by atoms with Crippen LogP contribution >= 0.6 is 0 Å². The summed E-state index contributed by atoms with van der Waals surface area (Å²) < 4.78 is 5.46. The van der Waals surface area contributed by atoms with E-state index < -0.39 is 12.1 Å². The Morgan fingerprint density at radius 1 is 0.467 bits per heavy atom. The zero-order valence-corrected chi connectivity index (χ0v) is 40.2. The Morgan fingerprint density at radius 3 is 1.32 bits per heavy atom. The van der Waals surface area contributed by atoms with Crippen LogP contribution in [0.1, 0.15) is 284 Å². The van der Waals surface area contributed by atoms with Gasteiger partial charge in [-0.1, -0.05) is 244 Å². The molecule has 60 heavy (non-hydrogen) atoms. The number of unbranched alkanes of at least 4 members (excludes halogenated alkanes) is 34. The Bertz CT molecular complexity index is 935.